The number of hydrogen-bond acceptors (Lipinski definition) is 6. The zero-order chi connectivity index (χ0) is 16.2. The SMILES string of the molecule is COc1cc(C)c(CSc2nnnn2C2CCCC2)cc1OC. The van der Waals surface area contributed by atoms with E-state index in [1.165, 1.54) is 36.8 Å². The summed E-state index contributed by atoms with van der Waals surface area (Å²) in [4.78, 5) is 0. The molecule has 1 aromatic carbocycles. The summed E-state index contributed by atoms with van der Waals surface area (Å²) < 4.78 is 12.7. The lowest BCUT2D eigenvalue weighted by atomic mass is 10.1. The molecule has 7 heteroatoms. The predicted molar refractivity (Wildman–Crippen MR) is 89.2 cm³/mol. The molecule has 2 aromatic rings. The quantitative estimate of drug-likeness (QED) is 0.755. The summed E-state index contributed by atoms with van der Waals surface area (Å²) in [5.41, 5.74) is 2.38. The summed E-state index contributed by atoms with van der Waals surface area (Å²) in [6, 6.07) is 4.50. The standard InChI is InChI=1S/C16H22N4O2S/c1-11-8-14(21-2)15(22-3)9-12(11)10-23-16-17-18-19-20(16)13-6-4-5-7-13/h8-9,13H,4-7,10H2,1-3H3. The minimum absolute atomic E-state index is 0.457. The molecule has 1 fully saturated rings. The van der Waals surface area contributed by atoms with Crippen LogP contribution in [-0.4, -0.2) is 34.4 Å². The van der Waals surface area contributed by atoms with E-state index < -0.39 is 0 Å². The van der Waals surface area contributed by atoms with Crippen molar-refractivity contribution in [2.75, 3.05) is 14.2 Å². The van der Waals surface area contributed by atoms with E-state index in [9.17, 15) is 0 Å². The number of benzene rings is 1. The van der Waals surface area contributed by atoms with E-state index in [4.69, 9.17) is 9.47 Å². The van der Waals surface area contributed by atoms with Gasteiger partial charge in [0.2, 0.25) is 5.16 Å². The maximum atomic E-state index is 5.39. The van der Waals surface area contributed by atoms with Gasteiger partial charge in [0.15, 0.2) is 11.5 Å². The van der Waals surface area contributed by atoms with Crippen LogP contribution in [0.2, 0.25) is 0 Å². The van der Waals surface area contributed by atoms with Crippen LogP contribution in [0.3, 0.4) is 0 Å². The Morgan fingerprint density at radius 3 is 2.57 bits per heavy atom. The van der Waals surface area contributed by atoms with Crippen molar-refractivity contribution in [3.8, 4) is 11.5 Å². The molecule has 0 N–H and O–H groups in total. The third-order valence-corrected chi connectivity index (χ3v) is 5.31. The van der Waals surface area contributed by atoms with Gasteiger partial charge in [0.1, 0.15) is 0 Å². The number of aryl methyl sites for hydroxylation is 1. The van der Waals surface area contributed by atoms with Crippen molar-refractivity contribution in [2.45, 2.75) is 49.6 Å². The smallest absolute Gasteiger partial charge is 0.209 e. The van der Waals surface area contributed by atoms with E-state index in [2.05, 4.69) is 22.4 Å². The molecule has 0 radical (unpaired) electrons. The van der Waals surface area contributed by atoms with Crippen molar-refractivity contribution in [1.29, 1.82) is 0 Å². The lowest BCUT2D eigenvalue weighted by Crippen LogP contribution is -2.08. The summed E-state index contributed by atoms with van der Waals surface area (Å²) in [6.07, 6.45) is 4.88. The minimum Gasteiger partial charge on any atom is -0.493 e. The molecule has 124 valence electrons. The van der Waals surface area contributed by atoms with Crippen molar-refractivity contribution in [2.24, 2.45) is 0 Å². The number of ether oxygens (including phenoxy) is 2. The van der Waals surface area contributed by atoms with E-state index in [0.717, 1.165) is 22.4 Å². The van der Waals surface area contributed by atoms with Gasteiger partial charge in [-0.1, -0.05) is 24.6 Å². The zero-order valence-corrected chi connectivity index (χ0v) is 14.6. The van der Waals surface area contributed by atoms with Crippen LogP contribution < -0.4 is 9.47 Å². The summed E-state index contributed by atoms with van der Waals surface area (Å²) in [6.45, 7) is 2.08. The van der Waals surface area contributed by atoms with Crippen LogP contribution in [0.15, 0.2) is 17.3 Å². The Labute approximate surface area is 140 Å². The molecule has 1 saturated carbocycles. The molecular formula is C16H22N4O2S. The van der Waals surface area contributed by atoms with Crippen LogP contribution >= 0.6 is 11.8 Å². The molecule has 0 saturated heterocycles. The van der Waals surface area contributed by atoms with Gasteiger partial charge in [-0.3, -0.25) is 0 Å². The molecule has 0 amide bonds. The monoisotopic (exact) mass is 334 g/mol. The number of thioether (sulfide) groups is 1. The second-order valence-corrected chi connectivity index (χ2v) is 6.71. The van der Waals surface area contributed by atoms with E-state index >= 15 is 0 Å². The van der Waals surface area contributed by atoms with Crippen molar-refractivity contribution >= 4 is 11.8 Å². The van der Waals surface area contributed by atoms with Crippen molar-refractivity contribution < 1.29 is 9.47 Å². The Morgan fingerprint density at radius 1 is 1.17 bits per heavy atom. The largest absolute Gasteiger partial charge is 0.493 e. The van der Waals surface area contributed by atoms with Crippen LogP contribution in [0, 0.1) is 6.92 Å². The van der Waals surface area contributed by atoms with Crippen LogP contribution in [-0.2, 0) is 5.75 Å². The molecule has 0 atom stereocenters. The molecule has 0 unspecified atom stereocenters. The molecule has 1 aromatic heterocycles. The first-order valence-electron chi connectivity index (χ1n) is 7.85. The van der Waals surface area contributed by atoms with Crippen LogP contribution in [0.25, 0.3) is 0 Å². The van der Waals surface area contributed by atoms with Crippen LogP contribution in [0.4, 0.5) is 0 Å². The maximum Gasteiger partial charge on any atom is 0.209 e. The highest BCUT2D eigenvalue weighted by molar-refractivity contribution is 7.98. The topological polar surface area (TPSA) is 62.1 Å². The van der Waals surface area contributed by atoms with Gasteiger partial charge in [-0.05, 0) is 53.5 Å². The van der Waals surface area contributed by atoms with Crippen LogP contribution in [0.1, 0.15) is 42.9 Å². The molecule has 23 heavy (non-hydrogen) atoms. The van der Waals surface area contributed by atoms with E-state index in [1.807, 2.05) is 16.8 Å². The van der Waals surface area contributed by atoms with E-state index in [1.54, 1.807) is 26.0 Å². The molecule has 1 heterocycles. The third-order valence-electron chi connectivity index (χ3n) is 4.33. The summed E-state index contributed by atoms with van der Waals surface area (Å²) in [5, 5.41) is 13.1. The highest BCUT2D eigenvalue weighted by atomic mass is 32.2. The Bertz CT molecular complexity index is 668. The fraction of sp³-hybridized carbons (Fsp3) is 0.562. The van der Waals surface area contributed by atoms with E-state index in [0.29, 0.717) is 6.04 Å². The van der Waals surface area contributed by atoms with Gasteiger partial charge in [0, 0.05) is 5.75 Å². The Kier molecular flexibility index (Phi) is 5.05. The summed E-state index contributed by atoms with van der Waals surface area (Å²) in [5.74, 6) is 2.32. The highest BCUT2D eigenvalue weighted by Gasteiger charge is 2.21. The lowest BCUT2D eigenvalue weighted by Gasteiger charge is -2.13. The molecule has 3 rings (SSSR count). The van der Waals surface area contributed by atoms with Gasteiger partial charge in [-0.25, -0.2) is 4.68 Å². The fourth-order valence-electron chi connectivity index (χ4n) is 2.98. The Morgan fingerprint density at radius 2 is 1.87 bits per heavy atom. The molecule has 0 aliphatic heterocycles. The van der Waals surface area contributed by atoms with Gasteiger partial charge >= 0.3 is 0 Å². The van der Waals surface area contributed by atoms with Crippen molar-refractivity contribution in [3.63, 3.8) is 0 Å². The number of rotatable bonds is 6. The minimum atomic E-state index is 0.457. The Balaban J connectivity index is 1.75. The normalized spacial score (nSPS) is 15.1. The third kappa shape index (κ3) is 3.44. The molecule has 6 nitrogen and oxygen atoms in total. The first-order valence-corrected chi connectivity index (χ1v) is 8.83. The number of aromatic nitrogens is 4. The first-order chi connectivity index (χ1) is 11.2. The summed E-state index contributed by atoms with van der Waals surface area (Å²) >= 11 is 1.67. The second kappa shape index (κ2) is 7.21. The van der Waals surface area contributed by atoms with Gasteiger partial charge in [-0.15, -0.1) is 5.10 Å². The molecule has 0 bridgehead atoms. The maximum absolute atomic E-state index is 5.39. The first kappa shape index (κ1) is 16.1. The molecule has 1 aliphatic rings. The van der Waals surface area contributed by atoms with Gasteiger partial charge in [-0.2, -0.15) is 0 Å². The number of tetrazole rings is 1. The number of hydrogen-bond donors (Lipinski definition) is 0. The van der Waals surface area contributed by atoms with Gasteiger partial charge in [0.05, 0.1) is 20.3 Å². The van der Waals surface area contributed by atoms with Gasteiger partial charge in [0.25, 0.3) is 0 Å². The fourth-order valence-corrected chi connectivity index (χ4v) is 3.99. The zero-order valence-electron chi connectivity index (χ0n) is 13.8. The lowest BCUT2D eigenvalue weighted by molar-refractivity contribution is 0.354. The van der Waals surface area contributed by atoms with Crippen LogP contribution in [0.5, 0.6) is 11.5 Å². The number of methoxy groups -OCH3 is 2. The van der Waals surface area contributed by atoms with Gasteiger partial charge < -0.3 is 9.47 Å². The molecule has 0 spiro atoms. The second-order valence-electron chi connectivity index (χ2n) is 5.77. The average molecular weight is 334 g/mol. The Hall–Kier alpha value is -1.76. The van der Waals surface area contributed by atoms with Crippen molar-refractivity contribution in [1.82, 2.24) is 20.2 Å². The summed E-state index contributed by atoms with van der Waals surface area (Å²) in [7, 11) is 3.31. The highest BCUT2D eigenvalue weighted by Crippen LogP contribution is 2.35. The van der Waals surface area contributed by atoms with E-state index in [-0.39, 0.29) is 0 Å². The molecule has 1 aliphatic carbocycles. The number of nitrogens with zero attached hydrogens (tertiary/aromatic N) is 4. The predicted octanol–water partition coefficient (Wildman–Crippen LogP) is 3.41. The molecular weight excluding hydrogens is 312 g/mol. The average Bonchev–Trinajstić information content (AvgIpc) is 3.24. The van der Waals surface area contributed by atoms with Crippen molar-refractivity contribution in [3.05, 3.63) is 23.3 Å².